The Labute approximate surface area is 89.8 Å². The molecule has 0 aromatic rings. The summed E-state index contributed by atoms with van der Waals surface area (Å²) < 4.78 is 0. The lowest BCUT2D eigenvalue weighted by atomic mass is 9.97. The van der Waals surface area contributed by atoms with Gasteiger partial charge >= 0.3 is 0 Å². The van der Waals surface area contributed by atoms with E-state index in [-0.39, 0.29) is 0 Å². The van der Waals surface area contributed by atoms with E-state index < -0.39 is 5.60 Å². The Kier molecular flexibility index (Phi) is 4.03. The summed E-state index contributed by atoms with van der Waals surface area (Å²) in [5.41, 5.74) is 0.153. The lowest BCUT2D eigenvalue weighted by Crippen LogP contribution is -2.28. The number of rotatable bonds is 5. The lowest BCUT2D eigenvalue weighted by molar-refractivity contribution is -0.128. The largest absolute Gasteiger partial charge is 0.382 e. The van der Waals surface area contributed by atoms with Crippen molar-refractivity contribution < 1.29 is 9.63 Å². The summed E-state index contributed by atoms with van der Waals surface area (Å²) in [5, 5.41) is 3.32. The monoisotopic (exact) mass is 205 g/mol. The molecule has 0 amide bonds. The van der Waals surface area contributed by atoms with E-state index in [0.29, 0.717) is 6.42 Å². The summed E-state index contributed by atoms with van der Waals surface area (Å²) in [7, 11) is 0. The summed E-state index contributed by atoms with van der Waals surface area (Å²) in [4.78, 5) is 15.9. The Morgan fingerprint density at radius 3 is 3.13 bits per heavy atom. The standard InChI is InChI=1S/C12H15NO2/c1-12(10-14,15-13-2)9-11-7-5-3-4-6-8-11/h3-5,7-8,10H,2,6,9H2,1H3. The quantitative estimate of drug-likeness (QED) is 0.393. The van der Waals surface area contributed by atoms with Crippen LogP contribution in [0.15, 0.2) is 41.1 Å². The molecule has 3 nitrogen and oxygen atoms in total. The minimum Gasteiger partial charge on any atom is -0.382 e. The second kappa shape index (κ2) is 5.29. The molecule has 0 aliphatic heterocycles. The maximum Gasteiger partial charge on any atom is 0.193 e. The number of allylic oxidation sites excluding steroid dienone is 5. The van der Waals surface area contributed by atoms with Gasteiger partial charge in [-0.2, -0.15) is 0 Å². The SMILES string of the molecule is C=NOC(C)(C=O)CC1=CCC=CC=C1. The first-order valence-corrected chi connectivity index (χ1v) is 4.83. The summed E-state index contributed by atoms with van der Waals surface area (Å²) in [5.74, 6) is 0. The predicted octanol–water partition coefficient (Wildman–Crippen LogP) is 2.41. The molecule has 3 heteroatoms. The first kappa shape index (κ1) is 11.4. The molecule has 1 atom stereocenters. The number of nitrogens with zero attached hydrogens (tertiary/aromatic N) is 1. The van der Waals surface area contributed by atoms with Crippen LogP contribution in [0, 0.1) is 0 Å². The van der Waals surface area contributed by atoms with E-state index in [1.54, 1.807) is 6.92 Å². The fourth-order valence-corrected chi connectivity index (χ4v) is 1.40. The van der Waals surface area contributed by atoms with Gasteiger partial charge in [0.25, 0.3) is 0 Å². The molecule has 1 aliphatic carbocycles. The molecule has 0 heterocycles. The van der Waals surface area contributed by atoms with E-state index >= 15 is 0 Å². The number of aldehydes is 1. The normalized spacial score (nSPS) is 18.6. The summed E-state index contributed by atoms with van der Waals surface area (Å²) >= 11 is 0. The molecule has 0 saturated heterocycles. The minimum absolute atomic E-state index is 0.508. The molecule has 15 heavy (non-hydrogen) atoms. The van der Waals surface area contributed by atoms with E-state index in [2.05, 4.69) is 17.9 Å². The molecular formula is C12H15NO2. The van der Waals surface area contributed by atoms with Crippen LogP contribution in [0.25, 0.3) is 0 Å². The third kappa shape index (κ3) is 3.54. The Morgan fingerprint density at radius 2 is 2.47 bits per heavy atom. The van der Waals surface area contributed by atoms with E-state index in [4.69, 9.17) is 4.84 Å². The van der Waals surface area contributed by atoms with Crippen molar-refractivity contribution in [3.63, 3.8) is 0 Å². The molecule has 0 N–H and O–H groups in total. The van der Waals surface area contributed by atoms with Crippen LogP contribution in [0.2, 0.25) is 0 Å². The van der Waals surface area contributed by atoms with E-state index in [0.717, 1.165) is 18.3 Å². The summed E-state index contributed by atoms with van der Waals surface area (Å²) in [6, 6.07) is 0. The zero-order valence-electron chi connectivity index (χ0n) is 8.85. The van der Waals surface area contributed by atoms with Crippen LogP contribution < -0.4 is 0 Å². The minimum atomic E-state index is -0.914. The molecule has 0 spiro atoms. The Bertz CT molecular complexity index is 329. The van der Waals surface area contributed by atoms with Gasteiger partial charge in [-0.1, -0.05) is 30.4 Å². The van der Waals surface area contributed by atoms with Crippen LogP contribution in [-0.4, -0.2) is 18.6 Å². The highest BCUT2D eigenvalue weighted by Gasteiger charge is 2.26. The predicted molar refractivity (Wildman–Crippen MR) is 60.7 cm³/mol. The van der Waals surface area contributed by atoms with Gasteiger partial charge in [0.15, 0.2) is 11.9 Å². The molecular weight excluding hydrogens is 190 g/mol. The molecule has 0 aromatic heterocycles. The molecule has 0 fully saturated rings. The molecule has 1 aliphatic rings. The fourth-order valence-electron chi connectivity index (χ4n) is 1.40. The summed E-state index contributed by atoms with van der Waals surface area (Å²) in [6.07, 6.45) is 12.2. The van der Waals surface area contributed by atoms with Gasteiger partial charge in [-0.15, -0.1) is 5.16 Å². The van der Waals surface area contributed by atoms with Crippen LogP contribution in [-0.2, 0) is 9.63 Å². The Morgan fingerprint density at radius 1 is 1.67 bits per heavy atom. The van der Waals surface area contributed by atoms with Gasteiger partial charge in [-0.25, -0.2) is 0 Å². The third-order valence-corrected chi connectivity index (χ3v) is 2.15. The van der Waals surface area contributed by atoms with Gasteiger partial charge in [-0.05, 0) is 18.9 Å². The number of hydrogen-bond acceptors (Lipinski definition) is 3. The average Bonchev–Trinajstić information content (AvgIpc) is 2.47. The van der Waals surface area contributed by atoms with Crippen molar-refractivity contribution in [1.82, 2.24) is 0 Å². The van der Waals surface area contributed by atoms with Crippen LogP contribution in [0.4, 0.5) is 0 Å². The molecule has 1 rings (SSSR count). The molecule has 0 radical (unpaired) electrons. The van der Waals surface area contributed by atoms with Crippen molar-refractivity contribution in [3.8, 4) is 0 Å². The maximum atomic E-state index is 10.9. The topological polar surface area (TPSA) is 38.7 Å². The van der Waals surface area contributed by atoms with Crippen molar-refractivity contribution >= 4 is 13.0 Å². The van der Waals surface area contributed by atoms with Crippen molar-refractivity contribution in [3.05, 3.63) is 36.0 Å². The van der Waals surface area contributed by atoms with Gasteiger partial charge in [-0.3, -0.25) is 4.79 Å². The van der Waals surface area contributed by atoms with Gasteiger partial charge in [0, 0.05) is 13.1 Å². The molecule has 0 saturated carbocycles. The first-order valence-electron chi connectivity index (χ1n) is 4.83. The van der Waals surface area contributed by atoms with E-state index in [1.807, 2.05) is 24.3 Å². The van der Waals surface area contributed by atoms with Gasteiger partial charge < -0.3 is 4.84 Å². The molecule has 0 aromatic carbocycles. The second-order valence-corrected chi connectivity index (χ2v) is 3.63. The molecule has 0 bridgehead atoms. The number of hydrogen-bond donors (Lipinski definition) is 0. The average molecular weight is 205 g/mol. The first-order chi connectivity index (χ1) is 7.20. The van der Waals surface area contributed by atoms with Crippen molar-refractivity contribution in [2.75, 3.05) is 0 Å². The lowest BCUT2D eigenvalue weighted by Gasteiger charge is -2.20. The number of oxime groups is 1. The van der Waals surface area contributed by atoms with Crippen LogP contribution in [0.1, 0.15) is 19.8 Å². The molecule has 1 unspecified atom stereocenters. The van der Waals surface area contributed by atoms with E-state index in [9.17, 15) is 4.79 Å². The van der Waals surface area contributed by atoms with Crippen molar-refractivity contribution in [2.45, 2.75) is 25.4 Å². The number of carbonyl (C=O) groups excluding carboxylic acids is 1. The van der Waals surface area contributed by atoms with Gasteiger partial charge in [0.2, 0.25) is 0 Å². The maximum absolute atomic E-state index is 10.9. The van der Waals surface area contributed by atoms with Crippen LogP contribution in [0.5, 0.6) is 0 Å². The van der Waals surface area contributed by atoms with Crippen molar-refractivity contribution in [1.29, 1.82) is 0 Å². The van der Waals surface area contributed by atoms with Crippen molar-refractivity contribution in [2.24, 2.45) is 5.16 Å². The zero-order chi connectivity index (χ0) is 11.1. The Hall–Kier alpha value is -1.64. The van der Waals surface area contributed by atoms with Gasteiger partial charge in [0.05, 0.1) is 0 Å². The van der Waals surface area contributed by atoms with E-state index in [1.165, 1.54) is 0 Å². The van der Waals surface area contributed by atoms with Crippen LogP contribution in [0.3, 0.4) is 0 Å². The zero-order valence-corrected chi connectivity index (χ0v) is 8.85. The third-order valence-electron chi connectivity index (χ3n) is 2.15. The van der Waals surface area contributed by atoms with Gasteiger partial charge in [0.1, 0.15) is 0 Å². The smallest absolute Gasteiger partial charge is 0.193 e. The molecule has 80 valence electrons. The second-order valence-electron chi connectivity index (χ2n) is 3.63. The highest BCUT2D eigenvalue weighted by atomic mass is 16.6. The van der Waals surface area contributed by atoms with Crippen LogP contribution >= 0.6 is 0 Å². The summed E-state index contributed by atoms with van der Waals surface area (Å²) in [6.45, 7) is 4.92. The highest BCUT2D eigenvalue weighted by molar-refractivity contribution is 5.63. The highest BCUT2D eigenvalue weighted by Crippen LogP contribution is 2.21. The fraction of sp³-hybridized carbons (Fsp3) is 0.333. The number of carbonyl (C=O) groups is 1. The Balaban J connectivity index is 2.70.